The molecular formula is C26H28F9N3O5. The molecule has 0 heterocycles. The van der Waals surface area contributed by atoms with Crippen molar-refractivity contribution >= 4 is 17.8 Å². The molecule has 0 aromatic heterocycles. The minimum absolute atomic E-state index is 0.155. The average molecular weight is 634 g/mol. The van der Waals surface area contributed by atoms with E-state index in [-0.39, 0.29) is 29.1 Å². The number of benzene rings is 2. The van der Waals surface area contributed by atoms with E-state index in [1.807, 2.05) is 19.0 Å². The topological polar surface area (TPSA) is 110 Å². The molecule has 240 valence electrons. The predicted octanol–water partition coefficient (Wildman–Crippen LogP) is 4.59. The predicted molar refractivity (Wildman–Crippen MR) is 134 cm³/mol. The summed E-state index contributed by atoms with van der Waals surface area (Å²) in [4.78, 5) is 37.6. The molecular weight excluding hydrogens is 605 g/mol. The number of hydrogen-bond donors (Lipinski definition) is 3. The van der Waals surface area contributed by atoms with E-state index in [0.717, 1.165) is 25.1 Å². The van der Waals surface area contributed by atoms with E-state index >= 15 is 0 Å². The van der Waals surface area contributed by atoms with Crippen LogP contribution in [0.4, 0.5) is 39.5 Å². The lowest BCUT2D eigenvalue weighted by atomic mass is 9.91. The highest BCUT2D eigenvalue weighted by Gasteiger charge is 2.71. The van der Waals surface area contributed by atoms with Crippen molar-refractivity contribution in [2.24, 2.45) is 0 Å². The number of carboxylic acid groups (broad SMARTS) is 1. The first-order valence-electron chi connectivity index (χ1n) is 12.1. The zero-order valence-corrected chi connectivity index (χ0v) is 22.9. The molecule has 0 aliphatic rings. The maximum atomic E-state index is 13.0. The number of carbonyl (C=O) groups excluding carboxylic acids is 2. The first kappa shape index (κ1) is 37.2. The Bertz CT molecular complexity index is 1230. The van der Waals surface area contributed by atoms with Gasteiger partial charge in [0.1, 0.15) is 0 Å². The van der Waals surface area contributed by atoms with Crippen molar-refractivity contribution in [3.8, 4) is 0 Å². The van der Waals surface area contributed by atoms with E-state index in [1.54, 1.807) is 13.1 Å². The Hall–Kier alpha value is -3.86. The smallest absolute Gasteiger partial charge is 0.475 e. The SMILES string of the molecule is CN(C)CCCN(C)C(=O)c1cccc(C(=O)NCc2ccc(C(O)(C(F)(F)F)C(F)(F)F)cc2)c1.O=C(O)C(F)(F)F. The number of carboxylic acids is 1. The molecule has 0 spiro atoms. The number of nitrogens with one attached hydrogen (secondary N) is 1. The number of halogens is 9. The summed E-state index contributed by atoms with van der Waals surface area (Å²) in [7, 11) is 5.49. The Morgan fingerprint density at radius 1 is 0.791 bits per heavy atom. The number of amides is 2. The summed E-state index contributed by atoms with van der Waals surface area (Å²) in [6.45, 7) is 1.10. The van der Waals surface area contributed by atoms with Gasteiger partial charge in [0.25, 0.3) is 17.4 Å². The Morgan fingerprint density at radius 2 is 1.28 bits per heavy atom. The van der Waals surface area contributed by atoms with Gasteiger partial charge in [-0.25, -0.2) is 4.79 Å². The molecule has 0 aliphatic carbocycles. The molecule has 3 N–H and O–H groups in total. The van der Waals surface area contributed by atoms with Gasteiger partial charge in [0.05, 0.1) is 0 Å². The van der Waals surface area contributed by atoms with E-state index in [4.69, 9.17) is 9.90 Å². The summed E-state index contributed by atoms with van der Waals surface area (Å²) in [5.74, 6) is -3.63. The molecule has 8 nitrogen and oxygen atoms in total. The Balaban J connectivity index is 0.00000117. The number of hydrogen-bond acceptors (Lipinski definition) is 5. The molecule has 0 unspecified atom stereocenters. The van der Waals surface area contributed by atoms with Crippen LogP contribution in [0, 0.1) is 0 Å². The van der Waals surface area contributed by atoms with Crippen LogP contribution in [0.2, 0.25) is 0 Å². The molecule has 0 bridgehead atoms. The van der Waals surface area contributed by atoms with Gasteiger partial charge < -0.3 is 25.3 Å². The van der Waals surface area contributed by atoms with Crippen LogP contribution in [0.5, 0.6) is 0 Å². The molecule has 0 radical (unpaired) electrons. The van der Waals surface area contributed by atoms with Crippen molar-refractivity contribution in [1.82, 2.24) is 15.1 Å². The third-order valence-corrected chi connectivity index (χ3v) is 5.71. The van der Waals surface area contributed by atoms with E-state index < -0.39 is 41.6 Å². The minimum atomic E-state index is -5.98. The number of aliphatic carboxylic acids is 1. The minimum Gasteiger partial charge on any atom is -0.475 e. The standard InChI is InChI=1S/C24H27F6N3O3.C2HF3O2/c1-32(2)12-5-13-33(3)21(35)18-7-4-6-17(14-18)20(34)31-15-16-8-10-19(11-9-16)22(36,23(25,26)27)24(28,29)30;3-2(4,5)1(6)7/h4,6-11,14,36H,5,12-13,15H2,1-3H3,(H,31,34);(H,6,7). The van der Waals surface area contributed by atoms with Crippen molar-refractivity contribution in [3.63, 3.8) is 0 Å². The highest BCUT2D eigenvalue weighted by atomic mass is 19.4. The van der Waals surface area contributed by atoms with Gasteiger partial charge in [0.15, 0.2) is 0 Å². The Kier molecular flexibility index (Phi) is 12.6. The van der Waals surface area contributed by atoms with Crippen molar-refractivity contribution in [2.45, 2.75) is 37.1 Å². The van der Waals surface area contributed by atoms with Gasteiger partial charge in [-0.1, -0.05) is 30.3 Å². The zero-order chi connectivity index (χ0) is 33.4. The number of alkyl halides is 9. The number of nitrogens with zero attached hydrogens (tertiary/aromatic N) is 2. The van der Waals surface area contributed by atoms with Gasteiger partial charge in [0.2, 0.25) is 0 Å². The summed E-state index contributed by atoms with van der Waals surface area (Å²) in [6.07, 6.45) is -16.3. The van der Waals surface area contributed by atoms with Gasteiger partial charge >= 0.3 is 24.5 Å². The molecule has 17 heteroatoms. The third-order valence-electron chi connectivity index (χ3n) is 5.71. The zero-order valence-electron chi connectivity index (χ0n) is 22.9. The second-order valence-electron chi connectivity index (χ2n) is 9.35. The van der Waals surface area contributed by atoms with E-state index in [0.29, 0.717) is 18.7 Å². The molecule has 0 saturated heterocycles. The number of aliphatic hydroxyl groups is 1. The highest BCUT2D eigenvalue weighted by molar-refractivity contribution is 5.99. The summed E-state index contributed by atoms with van der Waals surface area (Å²) >= 11 is 0. The lowest BCUT2D eigenvalue weighted by molar-refractivity contribution is -0.376. The second kappa shape index (κ2) is 14.5. The van der Waals surface area contributed by atoms with Crippen LogP contribution in [-0.4, -0.2) is 90.6 Å². The quantitative estimate of drug-likeness (QED) is 0.349. The van der Waals surface area contributed by atoms with Crippen molar-refractivity contribution in [3.05, 3.63) is 70.8 Å². The molecule has 0 atom stereocenters. The average Bonchev–Trinajstić information content (AvgIpc) is 2.89. The van der Waals surface area contributed by atoms with Gasteiger partial charge in [-0.05, 0) is 50.8 Å². The summed E-state index contributed by atoms with van der Waals surface area (Å²) in [5, 5.41) is 19.1. The molecule has 43 heavy (non-hydrogen) atoms. The van der Waals surface area contributed by atoms with Crippen LogP contribution >= 0.6 is 0 Å². The first-order chi connectivity index (χ1) is 19.5. The van der Waals surface area contributed by atoms with Crippen LogP contribution in [0.25, 0.3) is 0 Å². The number of carbonyl (C=O) groups is 3. The second-order valence-corrected chi connectivity index (χ2v) is 9.35. The maximum absolute atomic E-state index is 13.0. The van der Waals surface area contributed by atoms with E-state index in [9.17, 15) is 54.2 Å². The molecule has 0 aliphatic heterocycles. The highest BCUT2D eigenvalue weighted by Crippen LogP contribution is 2.49. The fourth-order valence-corrected chi connectivity index (χ4v) is 3.38. The largest absolute Gasteiger partial charge is 0.490 e. The van der Waals surface area contributed by atoms with E-state index in [1.165, 1.54) is 23.1 Å². The monoisotopic (exact) mass is 633 g/mol. The molecule has 0 saturated carbocycles. The lowest BCUT2D eigenvalue weighted by Gasteiger charge is -2.32. The molecule has 2 aromatic carbocycles. The van der Waals surface area contributed by atoms with Crippen LogP contribution in [0.3, 0.4) is 0 Å². The maximum Gasteiger partial charge on any atom is 0.490 e. The van der Waals surface area contributed by atoms with Gasteiger partial charge in [-0.15, -0.1) is 0 Å². The molecule has 2 rings (SSSR count). The summed E-state index contributed by atoms with van der Waals surface area (Å²) in [5.41, 5.74) is -5.76. The number of rotatable bonds is 9. The molecule has 0 fully saturated rings. The van der Waals surface area contributed by atoms with Crippen LogP contribution in [0.1, 0.15) is 38.3 Å². The summed E-state index contributed by atoms with van der Waals surface area (Å²) in [6, 6.07) is 8.86. The Labute approximate surface area is 239 Å². The molecule has 2 aromatic rings. The van der Waals surface area contributed by atoms with Gasteiger partial charge in [0, 0.05) is 36.8 Å². The van der Waals surface area contributed by atoms with E-state index in [2.05, 4.69) is 5.32 Å². The fraction of sp³-hybridized carbons (Fsp3) is 0.423. The van der Waals surface area contributed by atoms with Crippen molar-refractivity contribution in [2.75, 3.05) is 34.2 Å². The first-order valence-corrected chi connectivity index (χ1v) is 12.1. The lowest BCUT2D eigenvalue weighted by Crippen LogP contribution is -2.53. The normalized spacial score (nSPS) is 12.3. The van der Waals surface area contributed by atoms with Crippen LogP contribution in [-0.2, 0) is 16.9 Å². The van der Waals surface area contributed by atoms with Crippen LogP contribution < -0.4 is 5.32 Å². The van der Waals surface area contributed by atoms with Gasteiger partial charge in [-0.2, -0.15) is 39.5 Å². The summed E-state index contributed by atoms with van der Waals surface area (Å²) < 4.78 is 110. The van der Waals surface area contributed by atoms with Gasteiger partial charge in [-0.3, -0.25) is 9.59 Å². The van der Waals surface area contributed by atoms with Crippen molar-refractivity contribution < 1.29 is 64.1 Å². The molecule has 2 amide bonds. The Morgan fingerprint density at radius 3 is 1.72 bits per heavy atom. The van der Waals surface area contributed by atoms with Crippen LogP contribution in [0.15, 0.2) is 48.5 Å². The third kappa shape index (κ3) is 10.4. The fourth-order valence-electron chi connectivity index (χ4n) is 3.38. The van der Waals surface area contributed by atoms with Crippen molar-refractivity contribution in [1.29, 1.82) is 0 Å².